The third-order valence-electron chi connectivity index (χ3n) is 4.79. The summed E-state index contributed by atoms with van der Waals surface area (Å²) in [6, 6.07) is 10.6. The fourth-order valence-corrected chi connectivity index (χ4v) is 3.47. The van der Waals surface area contributed by atoms with Crippen LogP contribution in [-0.2, 0) is 9.59 Å². The van der Waals surface area contributed by atoms with E-state index in [0.29, 0.717) is 19.4 Å². The van der Waals surface area contributed by atoms with Crippen molar-refractivity contribution in [2.75, 3.05) is 24.5 Å². The van der Waals surface area contributed by atoms with Gasteiger partial charge < -0.3 is 15.5 Å². The second kappa shape index (κ2) is 7.49. The fourth-order valence-electron chi connectivity index (χ4n) is 3.47. The number of hydrogen-bond acceptors (Lipinski definition) is 3. The quantitative estimate of drug-likeness (QED) is 0.892. The molecule has 1 aromatic carbocycles. The van der Waals surface area contributed by atoms with Gasteiger partial charge in [-0.05, 0) is 37.8 Å². The molecule has 2 unspecified atom stereocenters. The number of piperidine rings is 1. The normalized spacial score (nSPS) is 25.4. The van der Waals surface area contributed by atoms with Crippen molar-refractivity contribution < 1.29 is 9.59 Å². The Labute approximate surface area is 137 Å². The molecule has 0 saturated carbocycles. The van der Waals surface area contributed by atoms with Gasteiger partial charge in [-0.3, -0.25) is 9.59 Å². The van der Waals surface area contributed by atoms with Crippen molar-refractivity contribution in [3.8, 4) is 0 Å². The van der Waals surface area contributed by atoms with E-state index in [1.54, 1.807) is 0 Å². The molecular formula is C18H25N3O2. The van der Waals surface area contributed by atoms with E-state index >= 15 is 0 Å². The maximum absolute atomic E-state index is 12.5. The van der Waals surface area contributed by atoms with Crippen LogP contribution >= 0.6 is 0 Å². The fraction of sp³-hybridized carbons (Fsp3) is 0.556. The number of nitrogens with zero attached hydrogens (tertiary/aromatic N) is 1. The summed E-state index contributed by atoms with van der Waals surface area (Å²) in [5, 5.41) is 6.05. The molecule has 2 saturated heterocycles. The monoisotopic (exact) mass is 315 g/mol. The number of rotatable bonds is 3. The van der Waals surface area contributed by atoms with Crippen LogP contribution in [0, 0.1) is 5.92 Å². The zero-order chi connectivity index (χ0) is 16.1. The first kappa shape index (κ1) is 15.8. The molecular weight excluding hydrogens is 290 g/mol. The van der Waals surface area contributed by atoms with Crippen LogP contribution in [0.15, 0.2) is 30.3 Å². The highest BCUT2D eigenvalue weighted by Crippen LogP contribution is 2.20. The van der Waals surface area contributed by atoms with Crippen molar-refractivity contribution in [2.24, 2.45) is 5.92 Å². The number of benzene rings is 1. The van der Waals surface area contributed by atoms with Crippen LogP contribution in [0.2, 0.25) is 0 Å². The SMILES string of the molecule is O=C1CCC(C(=O)NC2CCCN(c3ccccc3)C2)CCN1. The summed E-state index contributed by atoms with van der Waals surface area (Å²) in [5.74, 6) is 0.135. The Morgan fingerprint density at radius 2 is 2.00 bits per heavy atom. The summed E-state index contributed by atoms with van der Waals surface area (Å²) >= 11 is 0. The maximum atomic E-state index is 12.5. The van der Waals surface area contributed by atoms with Crippen molar-refractivity contribution in [1.82, 2.24) is 10.6 Å². The van der Waals surface area contributed by atoms with Crippen molar-refractivity contribution >= 4 is 17.5 Å². The molecule has 0 aromatic heterocycles. The highest BCUT2D eigenvalue weighted by molar-refractivity contribution is 5.81. The molecule has 0 radical (unpaired) electrons. The standard InChI is InChI=1S/C18H25N3O2/c22-17-9-8-14(10-11-19-17)18(23)20-15-5-4-12-21(13-15)16-6-2-1-3-7-16/h1-3,6-7,14-15H,4-5,8-13H2,(H,19,22)(H,20,23). The first-order valence-corrected chi connectivity index (χ1v) is 8.59. The Hall–Kier alpha value is -2.04. The van der Waals surface area contributed by atoms with Gasteiger partial charge in [-0.1, -0.05) is 18.2 Å². The second-order valence-electron chi connectivity index (χ2n) is 6.50. The van der Waals surface area contributed by atoms with Crippen LogP contribution in [0.4, 0.5) is 5.69 Å². The van der Waals surface area contributed by atoms with Crippen LogP contribution in [0.5, 0.6) is 0 Å². The van der Waals surface area contributed by atoms with Gasteiger partial charge >= 0.3 is 0 Å². The average molecular weight is 315 g/mol. The van der Waals surface area contributed by atoms with Gasteiger partial charge in [-0.15, -0.1) is 0 Å². The Kier molecular flexibility index (Phi) is 5.16. The van der Waals surface area contributed by atoms with Gasteiger partial charge in [-0.2, -0.15) is 0 Å². The van der Waals surface area contributed by atoms with E-state index in [2.05, 4.69) is 27.7 Å². The molecule has 2 fully saturated rings. The van der Waals surface area contributed by atoms with E-state index in [4.69, 9.17) is 0 Å². The van der Waals surface area contributed by atoms with Gasteiger partial charge in [0.05, 0.1) is 0 Å². The van der Waals surface area contributed by atoms with Gasteiger partial charge in [0.1, 0.15) is 0 Å². The minimum atomic E-state index is -0.0407. The molecule has 2 heterocycles. The Bertz CT molecular complexity index is 546. The Balaban J connectivity index is 1.55. The van der Waals surface area contributed by atoms with Crippen molar-refractivity contribution in [2.45, 2.75) is 38.1 Å². The lowest BCUT2D eigenvalue weighted by Gasteiger charge is -2.35. The molecule has 2 amide bonds. The zero-order valence-corrected chi connectivity index (χ0v) is 13.5. The topological polar surface area (TPSA) is 61.4 Å². The third-order valence-corrected chi connectivity index (χ3v) is 4.79. The number of anilines is 1. The van der Waals surface area contributed by atoms with Crippen LogP contribution in [0.1, 0.15) is 32.1 Å². The molecule has 3 rings (SSSR count). The summed E-state index contributed by atoms with van der Waals surface area (Å²) in [7, 11) is 0. The number of carbonyl (C=O) groups is 2. The van der Waals surface area contributed by atoms with Crippen molar-refractivity contribution in [3.05, 3.63) is 30.3 Å². The van der Waals surface area contributed by atoms with Crippen LogP contribution < -0.4 is 15.5 Å². The number of carbonyl (C=O) groups excluding carboxylic acids is 2. The number of hydrogen-bond donors (Lipinski definition) is 2. The molecule has 0 bridgehead atoms. The lowest BCUT2D eigenvalue weighted by atomic mass is 9.98. The number of amides is 2. The summed E-state index contributed by atoms with van der Waals surface area (Å²) in [6.07, 6.45) is 3.97. The molecule has 124 valence electrons. The Morgan fingerprint density at radius 3 is 2.83 bits per heavy atom. The molecule has 2 aliphatic rings. The van der Waals surface area contributed by atoms with E-state index in [1.807, 2.05) is 18.2 Å². The molecule has 23 heavy (non-hydrogen) atoms. The first-order valence-electron chi connectivity index (χ1n) is 8.59. The minimum absolute atomic E-state index is 0.0407. The largest absolute Gasteiger partial charge is 0.369 e. The lowest BCUT2D eigenvalue weighted by molar-refractivity contribution is -0.126. The molecule has 5 nitrogen and oxygen atoms in total. The van der Waals surface area contributed by atoms with Gasteiger partial charge in [-0.25, -0.2) is 0 Å². The van der Waals surface area contributed by atoms with Crippen LogP contribution in [0.25, 0.3) is 0 Å². The van der Waals surface area contributed by atoms with Gasteiger partial charge in [0.15, 0.2) is 0 Å². The summed E-state index contributed by atoms with van der Waals surface area (Å²) < 4.78 is 0. The van der Waals surface area contributed by atoms with Gasteiger partial charge in [0, 0.05) is 43.7 Å². The van der Waals surface area contributed by atoms with Crippen molar-refractivity contribution in [3.63, 3.8) is 0 Å². The average Bonchev–Trinajstić information content (AvgIpc) is 2.81. The smallest absolute Gasteiger partial charge is 0.223 e. The van der Waals surface area contributed by atoms with E-state index in [9.17, 15) is 9.59 Å². The van der Waals surface area contributed by atoms with E-state index in [-0.39, 0.29) is 23.8 Å². The lowest BCUT2D eigenvalue weighted by Crippen LogP contribution is -2.49. The maximum Gasteiger partial charge on any atom is 0.223 e. The predicted molar refractivity (Wildman–Crippen MR) is 90.2 cm³/mol. The highest BCUT2D eigenvalue weighted by atomic mass is 16.2. The minimum Gasteiger partial charge on any atom is -0.369 e. The molecule has 2 aliphatic heterocycles. The summed E-state index contributed by atoms with van der Waals surface area (Å²) in [4.78, 5) is 26.2. The molecule has 0 aliphatic carbocycles. The highest BCUT2D eigenvalue weighted by Gasteiger charge is 2.27. The molecule has 2 atom stereocenters. The molecule has 2 N–H and O–H groups in total. The zero-order valence-electron chi connectivity index (χ0n) is 13.5. The summed E-state index contributed by atoms with van der Waals surface area (Å²) in [5.41, 5.74) is 1.22. The van der Waals surface area contributed by atoms with Crippen LogP contribution in [0.3, 0.4) is 0 Å². The molecule has 1 aromatic rings. The van der Waals surface area contributed by atoms with Gasteiger partial charge in [0.25, 0.3) is 0 Å². The second-order valence-corrected chi connectivity index (χ2v) is 6.50. The Morgan fingerprint density at radius 1 is 1.17 bits per heavy atom. The van der Waals surface area contributed by atoms with E-state index < -0.39 is 0 Å². The van der Waals surface area contributed by atoms with E-state index in [1.165, 1.54) is 5.69 Å². The van der Waals surface area contributed by atoms with Gasteiger partial charge in [0.2, 0.25) is 11.8 Å². The number of nitrogens with one attached hydrogen (secondary N) is 2. The van der Waals surface area contributed by atoms with E-state index in [0.717, 1.165) is 32.4 Å². The predicted octanol–water partition coefficient (Wildman–Crippen LogP) is 1.69. The van der Waals surface area contributed by atoms with Crippen molar-refractivity contribution in [1.29, 1.82) is 0 Å². The van der Waals surface area contributed by atoms with Crippen LogP contribution in [-0.4, -0.2) is 37.5 Å². The molecule has 0 spiro atoms. The number of para-hydroxylation sites is 1. The summed E-state index contributed by atoms with van der Waals surface area (Å²) in [6.45, 7) is 2.51. The third kappa shape index (κ3) is 4.24. The first-order chi connectivity index (χ1) is 11.2. The molecule has 5 heteroatoms.